The molecule has 0 radical (unpaired) electrons. The van der Waals surface area contributed by atoms with Gasteiger partial charge in [-0.1, -0.05) is 47.5 Å². The molecule has 2 saturated heterocycles. The summed E-state index contributed by atoms with van der Waals surface area (Å²) in [5.41, 5.74) is -0.957. The van der Waals surface area contributed by atoms with E-state index < -0.39 is 36.4 Å². The third-order valence-electron chi connectivity index (χ3n) is 9.08. The predicted octanol–water partition coefficient (Wildman–Crippen LogP) is 4.60. The first kappa shape index (κ1) is 40.5. The number of carbonyl (C=O) groups is 5. The van der Waals surface area contributed by atoms with E-state index in [0.29, 0.717) is 28.2 Å². The third kappa shape index (κ3) is 11.6. The number of hydrogen-bond acceptors (Lipinski definition) is 7. The molecule has 4 N–H and O–H groups in total. The zero-order valence-corrected chi connectivity index (χ0v) is 29.9. The summed E-state index contributed by atoms with van der Waals surface area (Å²) >= 11 is 12.6. The third-order valence-corrected chi connectivity index (χ3v) is 9.82. The summed E-state index contributed by atoms with van der Waals surface area (Å²) in [4.78, 5) is 64.7. The number of halogens is 2. The lowest BCUT2D eigenvalue weighted by Gasteiger charge is -2.43. The highest BCUT2D eigenvalue weighted by Gasteiger charge is 2.41. The average molecular weight is 738 g/mol. The number of carbonyl (C=O) groups excluding carboxylic acids is 2. The average Bonchev–Trinajstić information content (AvgIpc) is 3.07. The number of aliphatic hydroxyl groups is 1. The molecule has 2 aromatic carbocycles. The van der Waals surface area contributed by atoms with E-state index in [-0.39, 0.29) is 17.9 Å². The van der Waals surface area contributed by atoms with Crippen molar-refractivity contribution in [2.24, 2.45) is 0 Å². The minimum Gasteiger partial charge on any atom is -0.481 e. The molecule has 0 aromatic heterocycles. The summed E-state index contributed by atoms with van der Waals surface area (Å²) in [7, 11) is 1.86. The van der Waals surface area contributed by atoms with Gasteiger partial charge in [0.15, 0.2) is 5.60 Å². The lowest BCUT2D eigenvalue weighted by molar-refractivity contribution is -0.170. The fraction of sp³-hybridized carbons (Fsp3) is 0.514. The Bertz CT molecular complexity index is 1470. The molecule has 4 rings (SSSR count). The maximum atomic E-state index is 13.0. The molecule has 2 aliphatic rings. The van der Waals surface area contributed by atoms with Crippen LogP contribution in [0.5, 0.6) is 0 Å². The monoisotopic (exact) mass is 736 g/mol. The molecule has 0 bridgehead atoms. The SMILES string of the molecule is CCN1CCCN(C2CCN(CCC(CN(C)C(=O)c3ccccc3)c3ccc(Cl)c(Cl)c3)CC2)C1=O.O=C(O)CC(O)(CC(=O)O)C(=O)O. The molecule has 3 amide bonds. The van der Waals surface area contributed by atoms with Gasteiger partial charge in [0.05, 0.1) is 22.9 Å². The molecule has 2 aliphatic heterocycles. The summed E-state index contributed by atoms with van der Waals surface area (Å²) < 4.78 is 0. The Balaban J connectivity index is 0.000000442. The summed E-state index contributed by atoms with van der Waals surface area (Å²) in [5.74, 6) is -4.87. The predicted molar refractivity (Wildman–Crippen MR) is 188 cm³/mol. The van der Waals surface area contributed by atoms with Crippen LogP contribution in [0.4, 0.5) is 4.79 Å². The first-order valence-corrected chi connectivity index (χ1v) is 17.3. The van der Waals surface area contributed by atoms with Crippen LogP contribution in [-0.4, -0.2) is 134 Å². The van der Waals surface area contributed by atoms with Crippen molar-refractivity contribution in [1.82, 2.24) is 19.6 Å². The fourth-order valence-corrected chi connectivity index (χ4v) is 6.59. The van der Waals surface area contributed by atoms with Crippen LogP contribution in [0.15, 0.2) is 48.5 Å². The number of hydrogen-bond donors (Lipinski definition) is 4. The molecular formula is C35H46Cl2N4O9. The van der Waals surface area contributed by atoms with E-state index in [2.05, 4.69) is 16.7 Å². The molecule has 2 heterocycles. The fourth-order valence-electron chi connectivity index (χ4n) is 6.29. The standard InChI is InChI=1S/C29H38Cl2N4O2.C6H8O7/c1-3-34-15-7-16-35(29(34)37)25-13-18-33(19-14-25)17-12-24(23-10-11-26(30)27(31)20-23)21-32(2)28(36)22-8-5-4-6-9-22;7-3(8)1-6(13,5(11)12)2-4(9)10/h4-6,8-11,20,24-25H,3,7,12-19,21H2,1-2H3;13H,1-2H2,(H,7,8)(H,9,10)(H,11,12). The molecule has 1 atom stereocenters. The molecule has 50 heavy (non-hydrogen) atoms. The highest BCUT2D eigenvalue weighted by molar-refractivity contribution is 6.42. The van der Waals surface area contributed by atoms with Crippen molar-refractivity contribution < 1.29 is 44.4 Å². The Labute approximate surface area is 302 Å². The van der Waals surface area contributed by atoms with Crippen LogP contribution in [0.3, 0.4) is 0 Å². The first-order valence-electron chi connectivity index (χ1n) is 16.6. The van der Waals surface area contributed by atoms with Crippen LogP contribution >= 0.6 is 23.2 Å². The van der Waals surface area contributed by atoms with Crippen LogP contribution in [0, 0.1) is 0 Å². The summed E-state index contributed by atoms with van der Waals surface area (Å²) in [6, 6.07) is 15.7. The van der Waals surface area contributed by atoms with Gasteiger partial charge in [-0.15, -0.1) is 0 Å². The number of piperidine rings is 1. The van der Waals surface area contributed by atoms with Crippen LogP contribution in [0.1, 0.15) is 67.3 Å². The van der Waals surface area contributed by atoms with Gasteiger partial charge in [0, 0.05) is 63.8 Å². The first-order chi connectivity index (χ1) is 23.6. The zero-order valence-electron chi connectivity index (χ0n) is 28.3. The summed E-state index contributed by atoms with van der Waals surface area (Å²) in [6.45, 7) is 8.08. The Morgan fingerprint density at radius 3 is 2.08 bits per heavy atom. The van der Waals surface area contributed by atoms with Gasteiger partial charge in [0.1, 0.15) is 0 Å². The quantitative estimate of drug-likeness (QED) is 0.214. The number of urea groups is 1. The molecule has 0 spiro atoms. The lowest BCUT2D eigenvalue weighted by Crippen LogP contribution is -2.55. The van der Waals surface area contributed by atoms with Crippen molar-refractivity contribution in [1.29, 1.82) is 0 Å². The van der Waals surface area contributed by atoms with Gasteiger partial charge >= 0.3 is 23.9 Å². The van der Waals surface area contributed by atoms with E-state index in [9.17, 15) is 24.0 Å². The molecule has 274 valence electrons. The Morgan fingerprint density at radius 1 is 0.920 bits per heavy atom. The number of amides is 3. The molecule has 15 heteroatoms. The molecular weight excluding hydrogens is 691 g/mol. The highest BCUT2D eigenvalue weighted by atomic mass is 35.5. The molecule has 13 nitrogen and oxygen atoms in total. The number of rotatable bonds is 14. The molecule has 0 aliphatic carbocycles. The lowest BCUT2D eigenvalue weighted by atomic mass is 9.93. The van der Waals surface area contributed by atoms with E-state index in [1.54, 1.807) is 4.90 Å². The number of benzene rings is 2. The number of carboxylic acids is 3. The second-order valence-electron chi connectivity index (χ2n) is 12.7. The van der Waals surface area contributed by atoms with Gasteiger partial charge in [0.2, 0.25) is 0 Å². The van der Waals surface area contributed by atoms with E-state index in [1.165, 1.54) is 0 Å². The topological polar surface area (TPSA) is 179 Å². The maximum Gasteiger partial charge on any atom is 0.336 e. The van der Waals surface area contributed by atoms with Crippen LogP contribution in [-0.2, 0) is 14.4 Å². The zero-order chi connectivity index (χ0) is 37.0. The minimum atomic E-state index is -2.74. The minimum absolute atomic E-state index is 0.0128. The molecule has 2 fully saturated rings. The second-order valence-corrected chi connectivity index (χ2v) is 13.5. The number of nitrogens with zero attached hydrogens (tertiary/aromatic N) is 4. The summed E-state index contributed by atoms with van der Waals surface area (Å²) in [5, 5.41) is 34.9. The van der Waals surface area contributed by atoms with Gasteiger partial charge in [-0.05, 0) is 69.0 Å². The number of aliphatic carboxylic acids is 3. The van der Waals surface area contributed by atoms with Crippen molar-refractivity contribution in [3.05, 3.63) is 69.7 Å². The van der Waals surface area contributed by atoms with Gasteiger partial charge in [-0.3, -0.25) is 14.4 Å². The number of likely N-dealkylation sites (N-methyl/N-ethyl adjacent to an activating group) is 1. The Kier molecular flexibility index (Phi) is 15.3. The molecule has 0 saturated carbocycles. The van der Waals surface area contributed by atoms with E-state index in [0.717, 1.165) is 70.5 Å². The van der Waals surface area contributed by atoms with Crippen molar-refractivity contribution in [3.63, 3.8) is 0 Å². The van der Waals surface area contributed by atoms with Crippen LogP contribution in [0.2, 0.25) is 10.0 Å². The van der Waals surface area contributed by atoms with E-state index >= 15 is 0 Å². The van der Waals surface area contributed by atoms with Gasteiger partial charge in [-0.25, -0.2) is 9.59 Å². The van der Waals surface area contributed by atoms with Gasteiger partial charge < -0.3 is 40.0 Å². The van der Waals surface area contributed by atoms with Crippen molar-refractivity contribution >= 4 is 53.0 Å². The van der Waals surface area contributed by atoms with E-state index in [4.69, 9.17) is 43.6 Å². The molecule has 2 aromatic rings. The Morgan fingerprint density at radius 2 is 1.54 bits per heavy atom. The molecule has 1 unspecified atom stereocenters. The highest BCUT2D eigenvalue weighted by Crippen LogP contribution is 2.30. The second kappa shape index (κ2) is 18.9. The Hall–Kier alpha value is -3.91. The van der Waals surface area contributed by atoms with Crippen molar-refractivity contribution in [2.45, 2.75) is 63.0 Å². The smallest absolute Gasteiger partial charge is 0.336 e. The van der Waals surface area contributed by atoms with Gasteiger partial charge in [0.25, 0.3) is 5.91 Å². The largest absolute Gasteiger partial charge is 0.481 e. The van der Waals surface area contributed by atoms with Gasteiger partial charge in [-0.2, -0.15) is 0 Å². The van der Waals surface area contributed by atoms with Crippen LogP contribution < -0.4 is 0 Å². The van der Waals surface area contributed by atoms with E-state index in [1.807, 2.05) is 60.5 Å². The van der Waals surface area contributed by atoms with Crippen molar-refractivity contribution in [2.75, 3.05) is 52.9 Å². The number of likely N-dealkylation sites (tertiary alicyclic amines) is 1. The normalized spacial score (nSPS) is 16.3. The summed E-state index contributed by atoms with van der Waals surface area (Å²) in [6.07, 6.45) is 1.69. The number of carboxylic acid groups (broad SMARTS) is 3. The maximum absolute atomic E-state index is 13.0. The van der Waals surface area contributed by atoms with Crippen molar-refractivity contribution in [3.8, 4) is 0 Å². The van der Waals surface area contributed by atoms with Crippen LogP contribution in [0.25, 0.3) is 0 Å².